The Morgan fingerprint density at radius 2 is 1.94 bits per heavy atom. The van der Waals surface area contributed by atoms with Gasteiger partial charge in [-0.05, 0) is 24.3 Å². The van der Waals surface area contributed by atoms with E-state index >= 15 is 0 Å². The maximum absolute atomic E-state index is 5.91. The fourth-order valence-corrected chi connectivity index (χ4v) is 2.26. The highest BCUT2D eigenvalue weighted by Crippen LogP contribution is 2.31. The van der Waals surface area contributed by atoms with Crippen LogP contribution in [0.25, 0.3) is 0 Å². The molecular weight excluding hydrogens is 265 g/mol. The molecule has 0 unspecified atom stereocenters. The first-order valence-corrected chi connectivity index (χ1v) is 5.94. The van der Waals surface area contributed by atoms with Crippen LogP contribution in [-0.2, 0) is 0 Å². The van der Waals surface area contributed by atoms with E-state index in [1.165, 1.54) is 11.8 Å². The van der Waals surface area contributed by atoms with Gasteiger partial charge in [0.1, 0.15) is 5.03 Å². The molecule has 0 aliphatic rings. The van der Waals surface area contributed by atoms with Crippen LogP contribution in [0.2, 0.25) is 10.0 Å². The minimum Gasteiger partial charge on any atom is -0.368 e. The molecule has 1 heterocycles. The Kier molecular flexibility index (Phi) is 3.53. The number of nitrogens with zero attached hydrogens (tertiary/aromatic N) is 2. The molecule has 2 aromatic rings. The molecule has 6 heteroatoms. The van der Waals surface area contributed by atoms with Gasteiger partial charge in [-0.1, -0.05) is 35.0 Å². The predicted molar refractivity (Wildman–Crippen MR) is 67.0 cm³/mol. The molecule has 1 aromatic heterocycles. The topological polar surface area (TPSA) is 51.8 Å². The number of halogens is 2. The van der Waals surface area contributed by atoms with E-state index < -0.39 is 0 Å². The van der Waals surface area contributed by atoms with Gasteiger partial charge in [0.25, 0.3) is 0 Å². The van der Waals surface area contributed by atoms with Crippen molar-refractivity contribution in [2.75, 3.05) is 5.73 Å². The number of hydrogen-bond acceptors (Lipinski definition) is 4. The predicted octanol–water partition coefficient (Wildman–Crippen LogP) is 3.52. The molecule has 2 N–H and O–H groups in total. The molecule has 16 heavy (non-hydrogen) atoms. The molecule has 0 atom stereocenters. The maximum Gasteiger partial charge on any atom is 0.221 e. The molecule has 0 amide bonds. The van der Waals surface area contributed by atoms with Crippen molar-refractivity contribution < 1.29 is 0 Å². The second kappa shape index (κ2) is 4.91. The van der Waals surface area contributed by atoms with Gasteiger partial charge in [0.15, 0.2) is 0 Å². The second-order valence-corrected chi connectivity index (χ2v) is 4.84. The van der Waals surface area contributed by atoms with Gasteiger partial charge in [0.05, 0.1) is 10.0 Å². The number of benzene rings is 1. The summed E-state index contributed by atoms with van der Waals surface area (Å²) in [6.45, 7) is 0. The van der Waals surface area contributed by atoms with Crippen molar-refractivity contribution in [3.05, 3.63) is 40.5 Å². The Morgan fingerprint density at radius 3 is 2.62 bits per heavy atom. The monoisotopic (exact) mass is 271 g/mol. The van der Waals surface area contributed by atoms with Gasteiger partial charge in [0, 0.05) is 11.1 Å². The second-order valence-electron chi connectivity index (χ2n) is 2.93. The van der Waals surface area contributed by atoms with E-state index in [-0.39, 0.29) is 5.95 Å². The molecule has 3 nitrogen and oxygen atoms in total. The fourth-order valence-electron chi connectivity index (χ4n) is 1.07. The number of nitrogens with two attached hydrogens (primary N) is 1. The average molecular weight is 272 g/mol. The lowest BCUT2D eigenvalue weighted by Gasteiger charge is -2.02. The molecule has 0 aliphatic heterocycles. The average Bonchev–Trinajstić information content (AvgIpc) is 2.24. The largest absolute Gasteiger partial charge is 0.368 e. The summed E-state index contributed by atoms with van der Waals surface area (Å²) in [5.41, 5.74) is 5.48. The summed E-state index contributed by atoms with van der Waals surface area (Å²) < 4.78 is 0. The first-order valence-electron chi connectivity index (χ1n) is 4.36. The molecule has 2 rings (SSSR count). The van der Waals surface area contributed by atoms with Gasteiger partial charge in [-0.3, -0.25) is 0 Å². The van der Waals surface area contributed by atoms with Gasteiger partial charge in [-0.15, -0.1) is 0 Å². The van der Waals surface area contributed by atoms with Crippen molar-refractivity contribution in [2.45, 2.75) is 9.92 Å². The Morgan fingerprint density at radius 1 is 1.12 bits per heavy atom. The smallest absolute Gasteiger partial charge is 0.221 e. The van der Waals surface area contributed by atoms with E-state index in [4.69, 9.17) is 28.9 Å². The summed E-state index contributed by atoms with van der Waals surface area (Å²) >= 11 is 13.2. The number of hydrogen-bond donors (Lipinski definition) is 1. The Labute approximate surface area is 107 Å². The van der Waals surface area contributed by atoms with Crippen LogP contribution < -0.4 is 5.73 Å². The third kappa shape index (κ3) is 2.78. The summed E-state index contributed by atoms with van der Waals surface area (Å²) in [6, 6.07) is 7.18. The van der Waals surface area contributed by atoms with Crippen LogP contribution in [0.4, 0.5) is 5.95 Å². The normalized spacial score (nSPS) is 10.4. The standard InChI is InChI=1S/C10H7Cl2N3S/c11-7-2-1-6(5-8(7)12)16-9-3-4-14-10(13)15-9/h1-5H,(H2,13,14,15). The van der Waals surface area contributed by atoms with Gasteiger partial charge >= 0.3 is 0 Å². The lowest BCUT2D eigenvalue weighted by Crippen LogP contribution is -1.93. The molecule has 82 valence electrons. The van der Waals surface area contributed by atoms with Crippen LogP contribution in [0.5, 0.6) is 0 Å². The number of anilines is 1. The molecule has 0 radical (unpaired) electrons. The Bertz CT molecular complexity index is 519. The lowest BCUT2D eigenvalue weighted by atomic mass is 10.4. The van der Waals surface area contributed by atoms with Gasteiger partial charge in [-0.25, -0.2) is 9.97 Å². The highest BCUT2D eigenvalue weighted by molar-refractivity contribution is 7.99. The number of nitrogen functional groups attached to an aromatic ring is 1. The van der Waals surface area contributed by atoms with Crippen LogP contribution >= 0.6 is 35.0 Å². The first kappa shape index (κ1) is 11.5. The molecule has 0 bridgehead atoms. The molecule has 0 aliphatic carbocycles. The van der Waals surface area contributed by atoms with Crippen molar-refractivity contribution in [3.8, 4) is 0 Å². The molecule has 0 saturated carbocycles. The van der Waals surface area contributed by atoms with Crippen LogP contribution in [0, 0.1) is 0 Å². The minimum atomic E-state index is 0.255. The summed E-state index contributed by atoms with van der Waals surface area (Å²) in [6.07, 6.45) is 1.61. The van der Waals surface area contributed by atoms with Gasteiger partial charge in [0.2, 0.25) is 5.95 Å². The molecule has 0 spiro atoms. The van der Waals surface area contributed by atoms with Gasteiger partial charge < -0.3 is 5.73 Å². The van der Waals surface area contributed by atoms with Gasteiger partial charge in [-0.2, -0.15) is 0 Å². The van der Waals surface area contributed by atoms with E-state index in [0.29, 0.717) is 10.0 Å². The van der Waals surface area contributed by atoms with Crippen molar-refractivity contribution in [2.24, 2.45) is 0 Å². The van der Waals surface area contributed by atoms with Crippen LogP contribution in [0.15, 0.2) is 40.4 Å². The van der Waals surface area contributed by atoms with E-state index in [2.05, 4.69) is 9.97 Å². The Hall–Kier alpha value is -0.970. The van der Waals surface area contributed by atoms with Crippen molar-refractivity contribution >= 4 is 40.9 Å². The van der Waals surface area contributed by atoms with E-state index in [9.17, 15) is 0 Å². The quantitative estimate of drug-likeness (QED) is 0.850. The zero-order valence-electron chi connectivity index (χ0n) is 8.02. The molecule has 0 fully saturated rings. The summed E-state index contributed by atoms with van der Waals surface area (Å²) in [5.74, 6) is 0.255. The van der Waals surface area contributed by atoms with E-state index in [0.717, 1.165) is 9.92 Å². The van der Waals surface area contributed by atoms with Crippen molar-refractivity contribution in [1.29, 1.82) is 0 Å². The minimum absolute atomic E-state index is 0.255. The number of rotatable bonds is 2. The maximum atomic E-state index is 5.91. The highest BCUT2D eigenvalue weighted by atomic mass is 35.5. The molecule has 1 aromatic carbocycles. The van der Waals surface area contributed by atoms with Crippen molar-refractivity contribution in [3.63, 3.8) is 0 Å². The first-order chi connectivity index (χ1) is 7.65. The summed E-state index contributed by atoms with van der Waals surface area (Å²) in [7, 11) is 0. The van der Waals surface area contributed by atoms with Crippen LogP contribution in [0.1, 0.15) is 0 Å². The van der Waals surface area contributed by atoms with Crippen LogP contribution in [-0.4, -0.2) is 9.97 Å². The number of aromatic nitrogens is 2. The lowest BCUT2D eigenvalue weighted by molar-refractivity contribution is 1.06. The molecular formula is C10H7Cl2N3S. The highest BCUT2D eigenvalue weighted by Gasteiger charge is 2.03. The van der Waals surface area contributed by atoms with E-state index in [1.54, 1.807) is 24.4 Å². The zero-order valence-corrected chi connectivity index (χ0v) is 10.4. The fraction of sp³-hybridized carbons (Fsp3) is 0. The third-order valence-electron chi connectivity index (χ3n) is 1.76. The van der Waals surface area contributed by atoms with E-state index in [1.807, 2.05) is 6.07 Å². The Balaban J connectivity index is 2.24. The van der Waals surface area contributed by atoms with Crippen LogP contribution in [0.3, 0.4) is 0 Å². The zero-order chi connectivity index (χ0) is 11.5. The third-order valence-corrected chi connectivity index (χ3v) is 3.43. The summed E-state index contributed by atoms with van der Waals surface area (Å²) in [4.78, 5) is 8.84. The summed E-state index contributed by atoms with van der Waals surface area (Å²) in [5, 5.41) is 1.83. The SMILES string of the molecule is Nc1nccc(Sc2ccc(Cl)c(Cl)c2)n1. The van der Waals surface area contributed by atoms with Crippen molar-refractivity contribution in [1.82, 2.24) is 9.97 Å². The molecule has 0 saturated heterocycles.